The topological polar surface area (TPSA) is 27.7 Å². The summed E-state index contributed by atoms with van der Waals surface area (Å²) in [6, 6.07) is 11.4. The van der Waals surface area contributed by atoms with E-state index >= 15 is 0 Å². The van der Waals surface area contributed by atoms with E-state index in [-0.39, 0.29) is 51.7 Å². The Labute approximate surface area is 242 Å². The Kier molecular flexibility index (Phi) is 9.83. The molecule has 0 radical (unpaired) electrons. The lowest BCUT2D eigenvalue weighted by molar-refractivity contribution is -0.0354. The molecule has 0 heterocycles. The van der Waals surface area contributed by atoms with Crippen molar-refractivity contribution in [3.05, 3.63) is 101 Å². The summed E-state index contributed by atoms with van der Waals surface area (Å²) in [5, 5.41) is 0. The van der Waals surface area contributed by atoms with Crippen LogP contribution >= 0.6 is 0 Å². The molecule has 0 aliphatic rings. The quantitative estimate of drug-likeness (QED) is 0.150. The van der Waals surface area contributed by atoms with Crippen LogP contribution in [0.4, 0.5) is 35.1 Å². The Bertz CT molecular complexity index is 1610. The zero-order valence-electron chi connectivity index (χ0n) is 23.1. The number of ether oxygens (including phenoxy) is 3. The van der Waals surface area contributed by atoms with Crippen LogP contribution in [0.25, 0.3) is 22.3 Å². The SMILES string of the molecule is CCOc1ccc(-c2ccc(OCCC(F)(F)CCOc3ccc(-c4ccc(C)c(F)c4F)c(F)c3)cc2F)c(F)c1F. The molecule has 4 rings (SSSR count). The molecule has 0 spiro atoms. The van der Waals surface area contributed by atoms with Gasteiger partial charge in [-0.25, -0.2) is 30.7 Å². The van der Waals surface area contributed by atoms with E-state index in [9.17, 15) is 35.1 Å². The minimum absolute atomic E-state index is 0.0626. The fourth-order valence-corrected chi connectivity index (χ4v) is 4.23. The van der Waals surface area contributed by atoms with Crippen molar-refractivity contribution in [2.75, 3.05) is 19.8 Å². The second-order valence-corrected chi connectivity index (χ2v) is 9.57. The van der Waals surface area contributed by atoms with E-state index in [2.05, 4.69) is 0 Å². The maximum absolute atomic E-state index is 14.7. The Morgan fingerprint density at radius 3 is 1.51 bits per heavy atom. The Morgan fingerprint density at radius 1 is 0.558 bits per heavy atom. The van der Waals surface area contributed by atoms with E-state index in [1.54, 1.807) is 6.92 Å². The van der Waals surface area contributed by atoms with Crippen molar-refractivity contribution in [3.63, 3.8) is 0 Å². The van der Waals surface area contributed by atoms with Gasteiger partial charge in [0.2, 0.25) is 5.82 Å². The maximum atomic E-state index is 14.7. The summed E-state index contributed by atoms with van der Waals surface area (Å²) in [4.78, 5) is 0. The van der Waals surface area contributed by atoms with Gasteiger partial charge in [-0.1, -0.05) is 12.1 Å². The normalized spacial score (nSPS) is 11.5. The average molecular weight is 611 g/mol. The zero-order chi connectivity index (χ0) is 31.3. The number of alkyl halides is 2. The van der Waals surface area contributed by atoms with Gasteiger partial charge in [0.25, 0.3) is 5.92 Å². The molecule has 0 saturated heterocycles. The van der Waals surface area contributed by atoms with Crippen molar-refractivity contribution in [1.82, 2.24) is 0 Å². The molecule has 0 fully saturated rings. The Balaban J connectivity index is 1.29. The summed E-state index contributed by atoms with van der Waals surface area (Å²) in [7, 11) is 0. The van der Waals surface area contributed by atoms with Crippen LogP contribution in [0.5, 0.6) is 17.2 Å². The second kappa shape index (κ2) is 13.4. The van der Waals surface area contributed by atoms with Gasteiger partial charge in [0.05, 0.1) is 19.8 Å². The molecular formula is C32H26F8O3. The van der Waals surface area contributed by atoms with Crippen LogP contribution in [-0.4, -0.2) is 25.7 Å². The number of hydrogen-bond acceptors (Lipinski definition) is 3. The summed E-state index contributed by atoms with van der Waals surface area (Å²) < 4.78 is 130. The van der Waals surface area contributed by atoms with Crippen molar-refractivity contribution < 1.29 is 49.3 Å². The highest BCUT2D eigenvalue weighted by molar-refractivity contribution is 5.67. The van der Waals surface area contributed by atoms with E-state index in [0.717, 1.165) is 24.3 Å². The first-order valence-electron chi connectivity index (χ1n) is 13.2. The highest BCUT2D eigenvalue weighted by Gasteiger charge is 2.29. The predicted molar refractivity (Wildman–Crippen MR) is 145 cm³/mol. The predicted octanol–water partition coefficient (Wildman–Crippen LogP) is 9.44. The smallest absolute Gasteiger partial charge is 0.254 e. The van der Waals surface area contributed by atoms with Gasteiger partial charge >= 0.3 is 0 Å². The molecule has 0 aromatic heterocycles. The van der Waals surface area contributed by atoms with E-state index in [1.165, 1.54) is 43.3 Å². The lowest BCUT2D eigenvalue weighted by Gasteiger charge is -2.17. The zero-order valence-corrected chi connectivity index (χ0v) is 23.1. The fourth-order valence-electron chi connectivity index (χ4n) is 4.23. The molecular weight excluding hydrogens is 584 g/mol. The molecule has 0 atom stereocenters. The molecule has 0 bridgehead atoms. The Hall–Kier alpha value is -4.28. The molecule has 0 aliphatic heterocycles. The standard InChI is InChI=1S/C32H26F8O3/c1-3-41-27-11-10-24(30(37)31(27)38)22-9-6-20(17-26(22)34)43-15-13-32(39,40)12-14-42-19-5-8-21(25(33)16-19)23-7-4-18(2)28(35)29(23)36/h4-11,16-17H,3,12-15H2,1-2H3. The van der Waals surface area contributed by atoms with E-state index < -0.39 is 66.9 Å². The van der Waals surface area contributed by atoms with Crippen LogP contribution in [0.2, 0.25) is 0 Å². The molecule has 4 aromatic carbocycles. The fraction of sp³-hybridized carbons (Fsp3) is 0.250. The van der Waals surface area contributed by atoms with Gasteiger partial charge in [0.1, 0.15) is 23.1 Å². The molecule has 0 N–H and O–H groups in total. The van der Waals surface area contributed by atoms with Crippen molar-refractivity contribution in [1.29, 1.82) is 0 Å². The first kappa shape index (κ1) is 31.7. The molecule has 0 unspecified atom stereocenters. The van der Waals surface area contributed by atoms with Crippen LogP contribution in [0.15, 0.2) is 60.7 Å². The Morgan fingerprint density at radius 2 is 1.02 bits per heavy atom. The molecule has 0 saturated carbocycles. The third-order valence-electron chi connectivity index (χ3n) is 6.56. The summed E-state index contributed by atoms with van der Waals surface area (Å²) in [6.07, 6.45) is -1.52. The number of aryl methyl sites for hydroxylation is 1. The monoisotopic (exact) mass is 610 g/mol. The number of benzene rings is 4. The van der Waals surface area contributed by atoms with E-state index in [4.69, 9.17) is 14.2 Å². The molecule has 4 aromatic rings. The van der Waals surface area contributed by atoms with Gasteiger partial charge in [0.15, 0.2) is 23.2 Å². The minimum Gasteiger partial charge on any atom is -0.493 e. The van der Waals surface area contributed by atoms with Gasteiger partial charge in [-0.3, -0.25) is 0 Å². The second-order valence-electron chi connectivity index (χ2n) is 9.57. The third kappa shape index (κ3) is 7.39. The van der Waals surface area contributed by atoms with Gasteiger partial charge < -0.3 is 14.2 Å². The summed E-state index contributed by atoms with van der Waals surface area (Å²) in [6.45, 7) is 2.08. The van der Waals surface area contributed by atoms with Crippen LogP contribution in [0.1, 0.15) is 25.3 Å². The van der Waals surface area contributed by atoms with E-state index in [0.29, 0.717) is 0 Å². The highest BCUT2D eigenvalue weighted by atomic mass is 19.3. The molecule has 0 aliphatic carbocycles. The van der Waals surface area contributed by atoms with Crippen LogP contribution in [0.3, 0.4) is 0 Å². The highest BCUT2D eigenvalue weighted by Crippen LogP contribution is 2.34. The summed E-state index contributed by atoms with van der Waals surface area (Å²) in [5.41, 5.74) is -1.04. The van der Waals surface area contributed by atoms with Crippen LogP contribution in [0, 0.1) is 41.8 Å². The molecule has 43 heavy (non-hydrogen) atoms. The first-order chi connectivity index (χ1) is 20.4. The van der Waals surface area contributed by atoms with Crippen molar-refractivity contribution >= 4 is 0 Å². The largest absolute Gasteiger partial charge is 0.493 e. The molecule has 0 amide bonds. The van der Waals surface area contributed by atoms with Gasteiger partial charge in [-0.2, -0.15) is 4.39 Å². The summed E-state index contributed by atoms with van der Waals surface area (Å²) >= 11 is 0. The molecule has 3 nitrogen and oxygen atoms in total. The molecule has 11 heteroatoms. The van der Waals surface area contributed by atoms with Crippen LogP contribution < -0.4 is 14.2 Å². The molecule has 228 valence electrons. The first-order valence-corrected chi connectivity index (χ1v) is 13.2. The third-order valence-corrected chi connectivity index (χ3v) is 6.56. The number of rotatable bonds is 12. The number of hydrogen-bond donors (Lipinski definition) is 0. The average Bonchev–Trinajstić information content (AvgIpc) is 2.95. The van der Waals surface area contributed by atoms with Gasteiger partial charge in [-0.15, -0.1) is 0 Å². The lowest BCUT2D eigenvalue weighted by atomic mass is 10.0. The number of halogens is 8. The van der Waals surface area contributed by atoms with Gasteiger partial charge in [0, 0.05) is 47.2 Å². The summed E-state index contributed by atoms with van der Waals surface area (Å²) in [5.74, 6) is -10.5. The van der Waals surface area contributed by atoms with Crippen LogP contribution in [-0.2, 0) is 0 Å². The van der Waals surface area contributed by atoms with Gasteiger partial charge in [-0.05, 0) is 55.8 Å². The van der Waals surface area contributed by atoms with Crippen molar-refractivity contribution in [3.8, 4) is 39.5 Å². The van der Waals surface area contributed by atoms with Crippen molar-refractivity contribution in [2.45, 2.75) is 32.6 Å². The minimum atomic E-state index is -3.26. The van der Waals surface area contributed by atoms with E-state index in [1.807, 2.05) is 0 Å². The lowest BCUT2D eigenvalue weighted by Crippen LogP contribution is -2.22. The van der Waals surface area contributed by atoms with Crippen molar-refractivity contribution in [2.24, 2.45) is 0 Å². The maximum Gasteiger partial charge on any atom is 0.254 e.